The molecule has 0 spiro atoms. The minimum atomic E-state index is -5.49. The molecule has 0 aromatic rings. The molecule has 7 nitrogen and oxygen atoms in total. The van der Waals surface area contributed by atoms with Crippen molar-refractivity contribution in [3.05, 3.63) is 12.8 Å². The van der Waals surface area contributed by atoms with Crippen LogP contribution in [0.4, 0.5) is 0 Å². The summed E-state index contributed by atoms with van der Waals surface area (Å²) < 4.78 is 28.2. The molecule has 1 atom stereocenters. The summed E-state index contributed by atoms with van der Waals surface area (Å²) in [6.45, 7) is 2.81. The number of hydrogen-bond donors (Lipinski definition) is 0. The van der Waals surface area contributed by atoms with Crippen molar-refractivity contribution >= 4 is 15.4 Å². The number of phosphoric acid groups is 1. The van der Waals surface area contributed by atoms with Crippen molar-refractivity contribution in [1.82, 2.24) is 0 Å². The van der Waals surface area contributed by atoms with Crippen molar-refractivity contribution in [2.24, 2.45) is 0 Å². The molecular weight excluding hydrogens is 222 g/mol. The molecule has 1 unspecified atom stereocenters. The lowest BCUT2D eigenvalue weighted by atomic mass is 10.8. The highest BCUT2D eigenvalue weighted by Gasteiger charge is 2.10. The lowest BCUT2D eigenvalue weighted by molar-refractivity contribution is -0.337. The van der Waals surface area contributed by atoms with E-state index in [0.717, 1.165) is 6.26 Å². The third-order valence-electron chi connectivity index (χ3n) is 0.825. The first-order chi connectivity index (χ1) is 5.77. The summed E-state index contributed by atoms with van der Waals surface area (Å²) in [6.07, 6.45) is 0.279. The fraction of sp³-hybridized carbons (Fsp3) is 0.500. The summed E-state index contributed by atoms with van der Waals surface area (Å²) in [5.74, 6) is 0. The van der Waals surface area contributed by atoms with Crippen LogP contribution in [-0.4, -0.2) is 12.8 Å². The maximum atomic E-state index is 10.6. The molecule has 0 radical (unpaired) electrons. The van der Waals surface area contributed by atoms with Crippen LogP contribution in [0.3, 0.4) is 0 Å². The van der Waals surface area contributed by atoms with Gasteiger partial charge in [-0.1, -0.05) is 6.58 Å². The van der Waals surface area contributed by atoms with E-state index in [1.165, 1.54) is 0 Å². The maximum Gasteiger partial charge on any atom is 0.143 e. The number of hydrogen-bond acceptors (Lipinski definition) is 7. The Kier molecular flexibility index (Phi) is 4.85. The zero-order valence-electron chi connectivity index (χ0n) is 6.45. The van der Waals surface area contributed by atoms with Crippen molar-refractivity contribution in [3.8, 4) is 0 Å². The van der Waals surface area contributed by atoms with E-state index < -0.39 is 21.6 Å². The standard InChI is InChI=1S/C4H10O7P2/c1-2-10-3-4-12(5,6)11-13(7,8)9/h2H,1,3-4H2,(H,5,6)(H2,7,8,9)/p-3. The fourth-order valence-corrected chi connectivity index (χ4v) is 2.32. The molecule has 0 aliphatic rings. The van der Waals surface area contributed by atoms with Crippen LogP contribution < -0.4 is 14.7 Å². The highest BCUT2D eigenvalue weighted by atomic mass is 31.3. The smallest absolute Gasteiger partial charge is 0.143 e. The minimum Gasteiger partial charge on any atom is -0.790 e. The van der Waals surface area contributed by atoms with Gasteiger partial charge in [0.1, 0.15) is 7.60 Å². The summed E-state index contributed by atoms with van der Waals surface area (Å²) in [4.78, 5) is 30.4. The van der Waals surface area contributed by atoms with Gasteiger partial charge in [-0.25, -0.2) is 0 Å². The molecule has 78 valence electrons. The van der Waals surface area contributed by atoms with E-state index in [1.54, 1.807) is 0 Å². The summed E-state index contributed by atoms with van der Waals surface area (Å²) in [6, 6.07) is 0. The van der Waals surface area contributed by atoms with Crippen LogP contribution in [0, 0.1) is 0 Å². The quantitative estimate of drug-likeness (QED) is 0.310. The zero-order valence-corrected chi connectivity index (χ0v) is 8.24. The number of ether oxygens (including phenoxy) is 1. The van der Waals surface area contributed by atoms with Crippen molar-refractivity contribution < 1.29 is 32.9 Å². The van der Waals surface area contributed by atoms with Gasteiger partial charge in [0.15, 0.2) is 0 Å². The van der Waals surface area contributed by atoms with Gasteiger partial charge in [0.05, 0.1) is 20.7 Å². The molecule has 0 aliphatic heterocycles. The molecule has 9 heteroatoms. The molecule has 0 aromatic carbocycles. The molecular formula is C4H7O7P2-3. The molecule has 0 heterocycles. The lowest BCUT2D eigenvalue weighted by Crippen LogP contribution is -2.20. The van der Waals surface area contributed by atoms with Crippen molar-refractivity contribution in [1.29, 1.82) is 0 Å². The van der Waals surface area contributed by atoms with E-state index in [9.17, 15) is 23.8 Å². The van der Waals surface area contributed by atoms with Gasteiger partial charge in [0.25, 0.3) is 0 Å². The van der Waals surface area contributed by atoms with E-state index >= 15 is 0 Å². The number of rotatable bonds is 6. The second-order valence-electron chi connectivity index (χ2n) is 1.90. The predicted octanol–water partition coefficient (Wildman–Crippen LogP) is -1.45. The largest absolute Gasteiger partial charge is 0.790 e. The molecule has 0 amide bonds. The Morgan fingerprint density at radius 2 is 1.85 bits per heavy atom. The van der Waals surface area contributed by atoms with E-state index in [4.69, 9.17) is 0 Å². The summed E-state index contributed by atoms with van der Waals surface area (Å²) >= 11 is 0. The summed E-state index contributed by atoms with van der Waals surface area (Å²) in [5, 5.41) is 0. The molecule has 0 aromatic heterocycles. The van der Waals surface area contributed by atoms with Gasteiger partial charge in [-0.3, -0.25) is 0 Å². The Hall–Kier alpha value is -0.160. The monoisotopic (exact) mass is 229 g/mol. The minimum absolute atomic E-state index is 0.315. The first-order valence-corrected chi connectivity index (χ1v) is 6.22. The second kappa shape index (κ2) is 4.91. The molecule has 0 saturated heterocycles. The van der Waals surface area contributed by atoms with Gasteiger partial charge in [0, 0.05) is 6.16 Å². The van der Waals surface area contributed by atoms with Crippen LogP contribution in [0.5, 0.6) is 0 Å². The Labute approximate surface area is 74.8 Å². The van der Waals surface area contributed by atoms with E-state index in [-0.39, 0.29) is 6.61 Å². The van der Waals surface area contributed by atoms with Gasteiger partial charge < -0.3 is 32.9 Å². The first kappa shape index (κ1) is 12.8. The lowest BCUT2D eigenvalue weighted by Gasteiger charge is -2.35. The molecule has 0 aliphatic carbocycles. The average Bonchev–Trinajstić information content (AvgIpc) is 1.81. The Bertz CT molecular complexity index is 255. The topological polar surface area (TPSA) is 122 Å². The van der Waals surface area contributed by atoms with Crippen LogP contribution in [0.15, 0.2) is 12.8 Å². The van der Waals surface area contributed by atoms with Crippen LogP contribution in [0.25, 0.3) is 0 Å². The highest BCUT2D eigenvalue weighted by Crippen LogP contribution is 2.49. The third-order valence-corrected chi connectivity index (χ3v) is 3.35. The van der Waals surface area contributed by atoms with Gasteiger partial charge in [-0.05, 0) is 0 Å². The predicted molar refractivity (Wildman–Crippen MR) is 37.3 cm³/mol. The van der Waals surface area contributed by atoms with E-state index in [0.29, 0.717) is 0 Å². The van der Waals surface area contributed by atoms with Crippen LogP contribution in [0.2, 0.25) is 0 Å². The van der Waals surface area contributed by atoms with Crippen molar-refractivity contribution in [2.45, 2.75) is 0 Å². The average molecular weight is 229 g/mol. The fourth-order valence-electron chi connectivity index (χ4n) is 0.441. The van der Waals surface area contributed by atoms with Gasteiger partial charge >= 0.3 is 0 Å². The van der Waals surface area contributed by atoms with Gasteiger partial charge in [-0.15, -0.1) is 0 Å². The van der Waals surface area contributed by atoms with Crippen LogP contribution in [-0.2, 0) is 18.2 Å². The highest BCUT2D eigenvalue weighted by molar-refractivity contribution is 7.61. The second-order valence-corrected chi connectivity index (χ2v) is 5.12. The SMILES string of the molecule is C=COCCP(=O)([O-])OP(=O)([O-])[O-]. The van der Waals surface area contributed by atoms with Crippen LogP contribution >= 0.6 is 15.4 Å². The van der Waals surface area contributed by atoms with E-state index in [1.807, 2.05) is 0 Å². The van der Waals surface area contributed by atoms with Crippen molar-refractivity contribution in [3.63, 3.8) is 0 Å². The summed E-state index contributed by atoms with van der Waals surface area (Å²) in [7, 11) is -10.1. The molecule has 0 rings (SSSR count). The third kappa shape index (κ3) is 8.18. The molecule has 0 saturated carbocycles. The van der Waals surface area contributed by atoms with Crippen molar-refractivity contribution in [2.75, 3.05) is 12.8 Å². The summed E-state index contributed by atoms with van der Waals surface area (Å²) in [5.41, 5.74) is 0. The van der Waals surface area contributed by atoms with E-state index in [2.05, 4.69) is 15.6 Å². The Morgan fingerprint density at radius 3 is 2.23 bits per heavy atom. The van der Waals surface area contributed by atoms with Gasteiger partial charge in [-0.2, -0.15) is 0 Å². The van der Waals surface area contributed by atoms with Crippen LogP contribution in [0.1, 0.15) is 0 Å². The molecule has 0 fully saturated rings. The maximum absolute atomic E-state index is 10.6. The molecule has 13 heavy (non-hydrogen) atoms. The normalized spacial score (nSPS) is 16.2. The Balaban J connectivity index is 4.02. The molecule has 0 N–H and O–H groups in total. The van der Waals surface area contributed by atoms with Gasteiger partial charge in [0.2, 0.25) is 0 Å². The Morgan fingerprint density at radius 1 is 1.31 bits per heavy atom. The molecule has 0 bridgehead atoms. The zero-order chi connectivity index (χ0) is 10.5. The first-order valence-electron chi connectivity index (χ1n) is 3.03.